The van der Waals surface area contributed by atoms with Gasteiger partial charge >= 0.3 is 0 Å². The number of piperazine rings is 1. The Kier molecular flexibility index (Phi) is 8.50. The minimum Gasteiger partial charge on any atom is -0.369 e. The SMILES string of the molecule is Cc1ccc(N2CCC[C@H](N(Cc3ccnc(C)c3)Cc3cn(C4CC4)c4cc(N5CCNC6(CC6C(C)(C)C)C5)c(F)cc4c3=O)C2)cn1. The van der Waals surface area contributed by atoms with Crippen LogP contribution in [-0.2, 0) is 13.1 Å². The summed E-state index contributed by atoms with van der Waals surface area (Å²) in [5.74, 6) is 0.273. The number of fused-ring (bicyclic) bond motifs is 1. The third-order valence-electron chi connectivity index (χ3n) is 11.8. The van der Waals surface area contributed by atoms with Gasteiger partial charge in [-0.2, -0.15) is 0 Å². The summed E-state index contributed by atoms with van der Waals surface area (Å²) in [7, 11) is 0. The molecule has 1 aromatic carbocycles. The first-order valence-corrected chi connectivity index (χ1v) is 18.7. The van der Waals surface area contributed by atoms with Gasteiger partial charge in [0.15, 0.2) is 5.43 Å². The van der Waals surface area contributed by atoms with Gasteiger partial charge in [-0.3, -0.25) is 19.7 Å². The number of hydrogen-bond donors (Lipinski definition) is 1. The smallest absolute Gasteiger partial charge is 0.193 e. The molecule has 4 aliphatic rings. The van der Waals surface area contributed by atoms with E-state index in [-0.39, 0.29) is 28.2 Å². The van der Waals surface area contributed by atoms with E-state index >= 15 is 4.39 Å². The number of nitrogens with zero attached hydrogens (tertiary/aromatic N) is 6. The Morgan fingerprint density at radius 3 is 2.56 bits per heavy atom. The molecule has 8 nitrogen and oxygen atoms in total. The summed E-state index contributed by atoms with van der Waals surface area (Å²) in [6.07, 6.45) is 11.3. The molecule has 2 unspecified atom stereocenters. The fourth-order valence-corrected chi connectivity index (χ4v) is 8.96. The van der Waals surface area contributed by atoms with Crippen LogP contribution >= 0.6 is 0 Å². The van der Waals surface area contributed by atoms with Crippen molar-refractivity contribution in [3.05, 3.63) is 93.5 Å². The quantitative estimate of drug-likeness (QED) is 0.221. The number of anilines is 2. The highest BCUT2D eigenvalue weighted by Gasteiger charge is 2.60. The lowest BCUT2D eigenvalue weighted by Gasteiger charge is -2.40. The molecule has 3 aromatic heterocycles. The van der Waals surface area contributed by atoms with Crippen LogP contribution < -0.4 is 20.5 Å². The molecule has 1 spiro atoms. The molecule has 5 heterocycles. The van der Waals surface area contributed by atoms with Crippen molar-refractivity contribution in [2.24, 2.45) is 11.3 Å². The topological polar surface area (TPSA) is 69.5 Å². The van der Waals surface area contributed by atoms with Crippen LogP contribution in [-0.4, -0.2) is 63.7 Å². The Morgan fingerprint density at radius 1 is 1.00 bits per heavy atom. The Hall–Kier alpha value is -3.82. The van der Waals surface area contributed by atoms with E-state index in [1.807, 2.05) is 32.3 Å². The van der Waals surface area contributed by atoms with E-state index in [2.05, 4.69) is 85.8 Å². The fourth-order valence-electron chi connectivity index (χ4n) is 8.96. The third kappa shape index (κ3) is 6.55. The second-order valence-corrected chi connectivity index (χ2v) is 16.7. The van der Waals surface area contributed by atoms with Gasteiger partial charge in [0.25, 0.3) is 0 Å². The zero-order valence-corrected chi connectivity index (χ0v) is 30.4. The van der Waals surface area contributed by atoms with Crippen molar-refractivity contribution >= 4 is 22.3 Å². The van der Waals surface area contributed by atoms with Gasteiger partial charge in [-0.05, 0) is 99.2 Å². The highest BCUT2D eigenvalue weighted by Crippen LogP contribution is 2.55. The Balaban J connectivity index is 1.13. The summed E-state index contributed by atoms with van der Waals surface area (Å²) in [5, 5.41) is 4.28. The van der Waals surface area contributed by atoms with Crippen molar-refractivity contribution in [3.63, 3.8) is 0 Å². The summed E-state index contributed by atoms with van der Waals surface area (Å²) in [5.41, 5.74) is 6.74. The summed E-state index contributed by atoms with van der Waals surface area (Å²) >= 11 is 0. The van der Waals surface area contributed by atoms with Crippen LogP contribution in [0.1, 0.15) is 81.4 Å². The molecule has 4 fully saturated rings. The first-order chi connectivity index (χ1) is 24.0. The average molecular weight is 678 g/mol. The molecular formula is C41H52FN7O. The van der Waals surface area contributed by atoms with Crippen LogP contribution in [0.4, 0.5) is 15.8 Å². The zero-order valence-electron chi connectivity index (χ0n) is 30.4. The summed E-state index contributed by atoms with van der Waals surface area (Å²) < 4.78 is 18.5. The van der Waals surface area contributed by atoms with Crippen LogP contribution in [0.25, 0.3) is 10.9 Å². The number of pyridine rings is 3. The Morgan fingerprint density at radius 2 is 1.84 bits per heavy atom. The fraction of sp³-hybridized carbons (Fsp3) is 0.537. The van der Waals surface area contributed by atoms with E-state index in [1.165, 1.54) is 5.56 Å². The largest absolute Gasteiger partial charge is 0.369 e. The lowest BCUT2D eigenvalue weighted by atomic mass is 9.86. The van der Waals surface area contributed by atoms with Crippen molar-refractivity contribution < 1.29 is 4.39 Å². The predicted octanol–water partition coefficient (Wildman–Crippen LogP) is 6.77. The van der Waals surface area contributed by atoms with E-state index in [1.54, 1.807) is 6.07 Å². The molecule has 0 radical (unpaired) electrons. The maximum Gasteiger partial charge on any atom is 0.193 e. The van der Waals surface area contributed by atoms with Crippen LogP contribution in [0.3, 0.4) is 0 Å². The molecule has 2 saturated carbocycles. The lowest BCUT2D eigenvalue weighted by Crippen LogP contribution is -2.54. The van der Waals surface area contributed by atoms with Gasteiger partial charge in [0.2, 0.25) is 0 Å². The molecule has 1 N–H and O–H groups in total. The molecule has 2 saturated heterocycles. The molecule has 4 aromatic rings. The van der Waals surface area contributed by atoms with Crippen LogP contribution in [0.2, 0.25) is 0 Å². The molecule has 3 atom stereocenters. The van der Waals surface area contributed by atoms with E-state index in [4.69, 9.17) is 0 Å². The zero-order chi connectivity index (χ0) is 34.8. The number of piperidine rings is 1. The molecule has 8 rings (SSSR count). The number of halogens is 1. The number of benzene rings is 1. The second kappa shape index (κ2) is 12.7. The molecule has 0 bridgehead atoms. The van der Waals surface area contributed by atoms with Crippen LogP contribution in [0.5, 0.6) is 0 Å². The maximum absolute atomic E-state index is 16.2. The monoisotopic (exact) mass is 677 g/mol. The number of hydrogen-bond acceptors (Lipinski definition) is 7. The van der Waals surface area contributed by atoms with Gasteiger partial charge < -0.3 is 19.7 Å². The van der Waals surface area contributed by atoms with Gasteiger partial charge in [-0.1, -0.05) is 20.8 Å². The molecule has 2 aliphatic heterocycles. The first-order valence-electron chi connectivity index (χ1n) is 18.7. The van der Waals surface area contributed by atoms with Crippen molar-refractivity contribution in [2.45, 2.75) is 97.4 Å². The van der Waals surface area contributed by atoms with Gasteiger partial charge in [0, 0.05) is 98.2 Å². The van der Waals surface area contributed by atoms with Crippen molar-refractivity contribution in [3.8, 4) is 0 Å². The highest BCUT2D eigenvalue weighted by atomic mass is 19.1. The van der Waals surface area contributed by atoms with Gasteiger partial charge in [0.1, 0.15) is 5.82 Å². The Labute approximate surface area is 295 Å². The molecule has 0 amide bonds. The van der Waals surface area contributed by atoms with Gasteiger partial charge in [-0.15, -0.1) is 0 Å². The third-order valence-corrected chi connectivity index (χ3v) is 11.8. The van der Waals surface area contributed by atoms with Crippen molar-refractivity contribution in [1.82, 2.24) is 24.8 Å². The molecular weight excluding hydrogens is 625 g/mol. The standard InChI is InChI=1S/C41H52FN7O/c1-27-8-9-32(21-44-27)46-15-6-7-33(25-46)48(22-29-12-13-43-28(2)17-29)23-30-24-49(31-10-11-31)36-19-37(35(42)18-34(36)39(30)50)47-16-14-45-41(26-47)20-38(41)40(3,4)5/h8-9,12-13,17-19,21,24,31,33,38,45H,6-7,10-11,14-16,20,22-23,25-26H2,1-5H3/t33-,38?,41?/m0/s1. The van der Waals surface area contributed by atoms with E-state index in [9.17, 15) is 4.79 Å². The first kappa shape index (κ1) is 33.3. The molecule has 50 heavy (non-hydrogen) atoms. The number of aryl methyl sites for hydroxylation is 2. The van der Waals surface area contributed by atoms with Gasteiger partial charge in [-0.25, -0.2) is 4.39 Å². The summed E-state index contributed by atoms with van der Waals surface area (Å²) in [6.45, 7) is 16.4. The number of nitrogens with one attached hydrogen (secondary N) is 1. The van der Waals surface area contributed by atoms with Crippen LogP contribution in [0, 0.1) is 31.0 Å². The van der Waals surface area contributed by atoms with E-state index < -0.39 is 0 Å². The number of rotatable bonds is 8. The summed E-state index contributed by atoms with van der Waals surface area (Å²) in [4.78, 5) is 30.5. The van der Waals surface area contributed by atoms with Gasteiger partial charge in [0.05, 0.1) is 23.1 Å². The minimum absolute atomic E-state index is 0.0411. The average Bonchev–Trinajstić information content (AvgIpc) is 4.03. The molecule has 264 valence electrons. The molecule has 9 heteroatoms. The Bertz CT molecular complexity index is 1950. The second-order valence-electron chi connectivity index (χ2n) is 16.7. The van der Waals surface area contributed by atoms with E-state index in [0.29, 0.717) is 36.1 Å². The normalized spacial score (nSPS) is 24.1. The maximum atomic E-state index is 16.2. The lowest BCUT2D eigenvalue weighted by molar-refractivity contribution is 0.158. The predicted molar refractivity (Wildman–Crippen MR) is 199 cm³/mol. The van der Waals surface area contributed by atoms with Crippen molar-refractivity contribution in [2.75, 3.05) is 42.5 Å². The highest BCUT2D eigenvalue weighted by molar-refractivity contribution is 5.84. The minimum atomic E-state index is -0.294. The number of aromatic nitrogens is 3. The molecule has 2 aliphatic carbocycles. The van der Waals surface area contributed by atoms with Crippen molar-refractivity contribution in [1.29, 1.82) is 0 Å². The van der Waals surface area contributed by atoms with Crippen LogP contribution in [0.15, 0.2) is 59.8 Å². The summed E-state index contributed by atoms with van der Waals surface area (Å²) in [6, 6.07) is 12.6. The van der Waals surface area contributed by atoms with E-state index in [0.717, 1.165) is 93.0 Å².